The van der Waals surface area contributed by atoms with E-state index in [0.29, 0.717) is 17.4 Å². The fourth-order valence-electron chi connectivity index (χ4n) is 9.91. The first-order chi connectivity index (χ1) is 42.0. The molecule has 9 nitrogen and oxygen atoms in total. The molecule has 0 heterocycles. The highest BCUT2D eigenvalue weighted by atomic mass is 31.2. The number of likely N-dealkylation sites (N-methyl/N-ethyl adjacent to an activating group) is 1. The first-order valence-corrected chi connectivity index (χ1v) is 37.1. The third-order valence-electron chi connectivity index (χ3n) is 15.3. The molecule has 2 unspecified atom stereocenters. The summed E-state index contributed by atoms with van der Waals surface area (Å²) >= 11 is 0. The van der Waals surface area contributed by atoms with Crippen LogP contribution in [0.5, 0.6) is 0 Å². The third-order valence-corrected chi connectivity index (χ3v) is 16.3. The molecule has 0 fully saturated rings. The van der Waals surface area contributed by atoms with Crippen LogP contribution in [0.2, 0.25) is 0 Å². The van der Waals surface area contributed by atoms with E-state index in [0.717, 1.165) is 96.3 Å². The lowest BCUT2D eigenvalue weighted by Gasteiger charge is -2.28. The summed E-state index contributed by atoms with van der Waals surface area (Å²) in [6.07, 6.45) is 93.1. The van der Waals surface area contributed by atoms with Gasteiger partial charge in [-0.15, -0.1) is 0 Å². The number of nitrogens with zero attached hydrogens (tertiary/aromatic N) is 1. The summed E-state index contributed by atoms with van der Waals surface area (Å²) in [5, 5.41) is 0. The zero-order valence-corrected chi connectivity index (χ0v) is 57.4. The average Bonchev–Trinajstić information content (AvgIpc) is 3.70. The largest absolute Gasteiger partial charge is 0.756 e. The topological polar surface area (TPSA) is 111 Å². The van der Waals surface area contributed by atoms with Gasteiger partial charge in [-0.05, 0) is 96.3 Å². The van der Waals surface area contributed by atoms with Crippen molar-refractivity contribution >= 4 is 19.8 Å². The molecule has 0 aliphatic heterocycles. The normalized spacial score (nSPS) is 13.8. The SMILES string of the molecule is CC/C=C\C/C=C\C/C=C\C/C=C\C/C=C\CCCCCCCCCCCCCCCCCCCC(=O)OC(COC(=O)CCCCCCCCCCCCCCCCCC/C=C\C/C=C\C/C=C\C/C=C\CC)COP(=O)([O-])OCC[N+](C)(C)C. The number of carbonyl (C=O) groups excluding carboxylic acids is 2. The fourth-order valence-corrected chi connectivity index (χ4v) is 10.6. The minimum Gasteiger partial charge on any atom is -0.756 e. The highest BCUT2D eigenvalue weighted by Gasteiger charge is 2.22. The van der Waals surface area contributed by atoms with E-state index in [1.54, 1.807) is 0 Å². The highest BCUT2D eigenvalue weighted by Crippen LogP contribution is 2.38. The van der Waals surface area contributed by atoms with Gasteiger partial charge in [0.1, 0.15) is 19.8 Å². The van der Waals surface area contributed by atoms with Gasteiger partial charge >= 0.3 is 11.9 Å². The van der Waals surface area contributed by atoms with E-state index in [2.05, 4.69) is 123 Å². The molecule has 0 N–H and O–H groups in total. The van der Waals surface area contributed by atoms with Gasteiger partial charge in [-0.3, -0.25) is 14.2 Å². The summed E-state index contributed by atoms with van der Waals surface area (Å²) in [5.74, 6) is -0.824. The summed E-state index contributed by atoms with van der Waals surface area (Å²) in [6, 6.07) is 0. The van der Waals surface area contributed by atoms with Gasteiger partial charge in [0.15, 0.2) is 6.10 Å². The molecule has 496 valence electrons. The second kappa shape index (κ2) is 66.1. The molecule has 0 bridgehead atoms. The molecule has 0 aliphatic carbocycles. The Balaban J connectivity index is 4.02. The Kier molecular flexibility index (Phi) is 63.5. The molecule has 86 heavy (non-hydrogen) atoms. The molecule has 0 spiro atoms. The first kappa shape index (κ1) is 82.7. The van der Waals surface area contributed by atoms with Gasteiger partial charge in [-0.2, -0.15) is 0 Å². The van der Waals surface area contributed by atoms with Crippen molar-refractivity contribution in [2.45, 2.75) is 315 Å². The van der Waals surface area contributed by atoms with Crippen LogP contribution in [0.4, 0.5) is 0 Å². The summed E-state index contributed by atoms with van der Waals surface area (Å²) < 4.78 is 34.3. The maximum atomic E-state index is 12.9. The molecule has 0 aromatic heterocycles. The smallest absolute Gasteiger partial charge is 0.306 e. The molecule has 2 atom stereocenters. The molecule has 0 saturated heterocycles. The average molecular weight is 1220 g/mol. The number of carbonyl (C=O) groups is 2. The maximum absolute atomic E-state index is 12.9. The van der Waals surface area contributed by atoms with Crippen LogP contribution in [0.1, 0.15) is 309 Å². The van der Waals surface area contributed by atoms with Crippen molar-refractivity contribution in [2.75, 3.05) is 47.5 Å². The zero-order chi connectivity index (χ0) is 62.6. The minimum atomic E-state index is -4.65. The second-order valence-electron chi connectivity index (χ2n) is 24.8. The number of allylic oxidation sites excluding steroid dienone is 18. The van der Waals surface area contributed by atoms with Crippen LogP contribution in [0.15, 0.2) is 109 Å². The van der Waals surface area contributed by atoms with E-state index in [-0.39, 0.29) is 32.0 Å². The molecule has 0 radical (unpaired) electrons. The van der Waals surface area contributed by atoms with Crippen LogP contribution in [0.25, 0.3) is 0 Å². The fraction of sp³-hybridized carbons (Fsp3) is 0.737. The van der Waals surface area contributed by atoms with Gasteiger partial charge in [0.2, 0.25) is 0 Å². The predicted octanol–water partition coefficient (Wildman–Crippen LogP) is 22.6. The molecule has 0 amide bonds. The van der Waals surface area contributed by atoms with Crippen LogP contribution >= 0.6 is 7.82 Å². The monoisotopic (exact) mass is 1220 g/mol. The molecule has 0 saturated carbocycles. The van der Waals surface area contributed by atoms with E-state index in [9.17, 15) is 19.0 Å². The number of hydrogen-bond donors (Lipinski definition) is 0. The summed E-state index contributed by atoms with van der Waals surface area (Å²) in [5.41, 5.74) is 0. The third kappa shape index (κ3) is 69.8. The van der Waals surface area contributed by atoms with Gasteiger partial charge in [-0.25, -0.2) is 0 Å². The standard InChI is InChI=1S/C76H134NO8P/c1-6-8-10-12-14-16-18-20-22-24-26-28-30-32-34-36-37-38-39-41-43-45-47-49-51-53-55-57-59-61-63-65-67-69-76(79)85-74(73-84-86(80,81)83-71-70-77(3,4)5)72-82-75(78)68-66-64-62-60-58-56-54-52-50-48-46-44-42-40-35-33-31-29-27-25-23-21-19-17-15-13-11-9-7-2/h8-11,14-17,20-23,26-29,32,34,74H,6-7,12-13,18-19,24-25,30-31,33,35-73H2,1-5H3/b10-8-,11-9-,16-14-,17-15-,22-20-,23-21-,28-26-,29-27-,34-32-. The number of quaternary nitrogens is 1. The second-order valence-corrected chi connectivity index (χ2v) is 26.2. The van der Waals surface area contributed by atoms with Gasteiger partial charge in [0, 0.05) is 12.8 Å². The summed E-state index contributed by atoms with van der Waals surface area (Å²) in [7, 11) is 1.17. The maximum Gasteiger partial charge on any atom is 0.306 e. The number of phosphoric acid groups is 1. The lowest BCUT2D eigenvalue weighted by atomic mass is 10.0. The number of ether oxygens (including phenoxy) is 2. The van der Waals surface area contributed by atoms with E-state index in [1.165, 1.54) is 180 Å². The van der Waals surface area contributed by atoms with Crippen LogP contribution in [0, 0.1) is 0 Å². The van der Waals surface area contributed by atoms with Crippen LogP contribution in [-0.2, 0) is 32.7 Å². The Labute approximate surface area is 531 Å². The highest BCUT2D eigenvalue weighted by molar-refractivity contribution is 7.45. The van der Waals surface area contributed by atoms with E-state index >= 15 is 0 Å². The van der Waals surface area contributed by atoms with E-state index in [1.807, 2.05) is 21.1 Å². The van der Waals surface area contributed by atoms with Gasteiger partial charge < -0.3 is 27.9 Å². The van der Waals surface area contributed by atoms with Crippen LogP contribution in [0.3, 0.4) is 0 Å². The van der Waals surface area contributed by atoms with E-state index < -0.39 is 26.5 Å². The number of unbranched alkanes of at least 4 members (excludes halogenated alkanes) is 33. The summed E-state index contributed by atoms with van der Waals surface area (Å²) in [6.45, 7) is 4.05. The Bertz CT molecular complexity index is 1820. The lowest BCUT2D eigenvalue weighted by molar-refractivity contribution is -0.870. The molecule has 0 aromatic rings. The van der Waals surface area contributed by atoms with Gasteiger partial charge in [0.25, 0.3) is 7.82 Å². The number of phosphoric ester groups is 1. The molecule has 0 rings (SSSR count). The van der Waals surface area contributed by atoms with Gasteiger partial charge in [0.05, 0.1) is 27.7 Å². The van der Waals surface area contributed by atoms with Crippen LogP contribution < -0.4 is 4.89 Å². The Morgan fingerprint density at radius 2 is 0.628 bits per heavy atom. The number of esters is 2. The van der Waals surface area contributed by atoms with E-state index in [4.69, 9.17) is 18.5 Å². The van der Waals surface area contributed by atoms with Crippen molar-refractivity contribution < 1.29 is 42.1 Å². The van der Waals surface area contributed by atoms with Crippen molar-refractivity contribution in [1.29, 1.82) is 0 Å². The molecule has 0 aliphatic rings. The molecule has 0 aromatic carbocycles. The Morgan fingerprint density at radius 3 is 0.930 bits per heavy atom. The molecular weight excluding hydrogens is 1090 g/mol. The zero-order valence-electron chi connectivity index (χ0n) is 56.5. The number of hydrogen-bond acceptors (Lipinski definition) is 8. The molecule has 10 heteroatoms. The molecular formula is C76H134NO8P. The van der Waals surface area contributed by atoms with Crippen molar-refractivity contribution in [3.63, 3.8) is 0 Å². The van der Waals surface area contributed by atoms with Crippen molar-refractivity contribution in [3.8, 4) is 0 Å². The van der Waals surface area contributed by atoms with Crippen molar-refractivity contribution in [3.05, 3.63) is 109 Å². The quantitative estimate of drug-likeness (QED) is 0.0195. The first-order valence-electron chi connectivity index (χ1n) is 35.6. The Hall–Kier alpha value is -3.33. The predicted molar refractivity (Wildman–Crippen MR) is 369 cm³/mol. The number of rotatable bonds is 65. The summed E-state index contributed by atoms with van der Waals surface area (Å²) in [4.78, 5) is 38.1. The lowest BCUT2D eigenvalue weighted by Crippen LogP contribution is -2.37. The van der Waals surface area contributed by atoms with Crippen molar-refractivity contribution in [1.82, 2.24) is 0 Å². The van der Waals surface area contributed by atoms with Crippen LogP contribution in [-0.4, -0.2) is 70.0 Å². The van der Waals surface area contributed by atoms with Gasteiger partial charge in [-0.1, -0.05) is 309 Å². The Morgan fingerprint density at radius 1 is 0.360 bits per heavy atom. The minimum absolute atomic E-state index is 0.0329. The van der Waals surface area contributed by atoms with Crippen molar-refractivity contribution in [2.24, 2.45) is 0 Å².